The van der Waals surface area contributed by atoms with Crippen LogP contribution in [0.2, 0.25) is 0 Å². The molecule has 0 aromatic heterocycles. The molecule has 90 valence electrons. The molecule has 0 N–H and O–H groups in total. The lowest BCUT2D eigenvalue weighted by Gasteiger charge is -2.37. The molecule has 16 heavy (non-hydrogen) atoms. The number of nitrogens with zero attached hydrogens (tertiary/aromatic N) is 1. The Hall–Kier alpha value is -0.930. The van der Waals surface area contributed by atoms with Crippen molar-refractivity contribution in [2.45, 2.75) is 32.1 Å². The largest absolute Gasteiger partial charge is 0.342 e. The number of rotatable bonds is 1. The van der Waals surface area contributed by atoms with Crippen LogP contribution in [0.4, 0.5) is 8.78 Å². The van der Waals surface area contributed by atoms with Crippen LogP contribution in [0.5, 0.6) is 0 Å². The van der Waals surface area contributed by atoms with E-state index in [1.807, 2.05) is 12.2 Å². The lowest BCUT2D eigenvalue weighted by molar-refractivity contribution is -0.147. The van der Waals surface area contributed by atoms with E-state index in [0.717, 1.165) is 12.8 Å². The molecular weight excluding hydrogens is 212 g/mol. The maximum atomic E-state index is 13.3. The van der Waals surface area contributed by atoms with Crippen LogP contribution in [0.3, 0.4) is 0 Å². The van der Waals surface area contributed by atoms with Gasteiger partial charge >= 0.3 is 0 Å². The molecule has 2 aliphatic rings. The monoisotopic (exact) mass is 229 g/mol. The topological polar surface area (TPSA) is 20.3 Å². The zero-order valence-electron chi connectivity index (χ0n) is 9.46. The first-order valence-corrected chi connectivity index (χ1v) is 5.82. The molecule has 1 amide bonds. The normalized spacial score (nSPS) is 29.7. The van der Waals surface area contributed by atoms with E-state index in [9.17, 15) is 13.6 Å². The minimum absolute atomic E-state index is 0.000998. The van der Waals surface area contributed by atoms with E-state index < -0.39 is 11.8 Å². The summed E-state index contributed by atoms with van der Waals surface area (Å²) in [6, 6.07) is 0. The SMILES string of the molecule is CC1CN(C(=O)C2CC=CC2)CCC1(F)F. The summed E-state index contributed by atoms with van der Waals surface area (Å²) < 4.78 is 26.5. The number of halogens is 2. The molecule has 1 saturated heterocycles. The first kappa shape index (κ1) is 11.6. The predicted molar refractivity (Wildman–Crippen MR) is 57.2 cm³/mol. The first-order chi connectivity index (χ1) is 7.50. The highest BCUT2D eigenvalue weighted by Crippen LogP contribution is 2.34. The Kier molecular flexibility index (Phi) is 3.00. The van der Waals surface area contributed by atoms with Gasteiger partial charge in [0.2, 0.25) is 5.91 Å². The Bertz CT molecular complexity index is 306. The van der Waals surface area contributed by atoms with Crippen molar-refractivity contribution >= 4 is 5.91 Å². The van der Waals surface area contributed by atoms with Crippen LogP contribution in [-0.4, -0.2) is 29.8 Å². The molecule has 0 aromatic rings. The summed E-state index contributed by atoms with van der Waals surface area (Å²) in [6.45, 7) is 1.92. The fraction of sp³-hybridized carbons (Fsp3) is 0.750. The number of amides is 1. The van der Waals surface area contributed by atoms with Gasteiger partial charge in [-0.05, 0) is 12.8 Å². The second-order valence-corrected chi connectivity index (χ2v) is 4.84. The number of allylic oxidation sites excluding steroid dienone is 2. The van der Waals surface area contributed by atoms with Gasteiger partial charge in [-0.3, -0.25) is 4.79 Å². The number of piperidine rings is 1. The Morgan fingerprint density at radius 2 is 2.00 bits per heavy atom. The molecule has 1 fully saturated rings. The standard InChI is InChI=1S/C12H17F2NO/c1-9-8-15(7-6-12(9,13)14)11(16)10-4-2-3-5-10/h2-3,9-10H,4-8H2,1H3. The van der Waals surface area contributed by atoms with E-state index in [0.29, 0.717) is 0 Å². The van der Waals surface area contributed by atoms with E-state index in [1.54, 1.807) is 4.90 Å². The van der Waals surface area contributed by atoms with Crippen LogP contribution >= 0.6 is 0 Å². The zero-order chi connectivity index (χ0) is 11.8. The molecule has 1 aliphatic heterocycles. The van der Waals surface area contributed by atoms with Crippen molar-refractivity contribution in [3.8, 4) is 0 Å². The number of likely N-dealkylation sites (tertiary alicyclic amines) is 1. The van der Waals surface area contributed by atoms with Crippen LogP contribution in [0.1, 0.15) is 26.2 Å². The highest BCUT2D eigenvalue weighted by atomic mass is 19.3. The maximum Gasteiger partial charge on any atom is 0.254 e. The van der Waals surface area contributed by atoms with Crippen LogP contribution in [0.15, 0.2) is 12.2 Å². The van der Waals surface area contributed by atoms with Gasteiger partial charge in [-0.2, -0.15) is 0 Å². The van der Waals surface area contributed by atoms with Crippen molar-refractivity contribution in [3.63, 3.8) is 0 Å². The van der Waals surface area contributed by atoms with E-state index in [4.69, 9.17) is 0 Å². The van der Waals surface area contributed by atoms with Crippen LogP contribution in [0, 0.1) is 11.8 Å². The predicted octanol–water partition coefficient (Wildman–Crippen LogP) is 2.46. The van der Waals surface area contributed by atoms with Gasteiger partial charge in [0.05, 0.1) is 0 Å². The molecule has 0 aromatic carbocycles. The van der Waals surface area contributed by atoms with Gasteiger partial charge in [-0.15, -0.1) is 0 Å². The molecular formula is C12H17F2NO. The van der Waals surface area contributed by atoms with E-state index in [1.165, 1.54) is 6.92 Å². The zero-order valence-corrected chi connectivity index (χ0v) is 9.46. The van der Waals surface area contributed by atoms with Crippen LogP contribution < -0.4 is 0 Å². The Morgan fingerprint density at radius 3 is 2.56 bits per heavy atom. The summed E-state index contributed by atoms with van der Waals surface area (Å²) in [5.41, 5.74) is 0. The molecule has 4 heteroatoms. The van der Waals surface area contributed by atoms with E-state index >= 15 is 0 Å². The van der Waals surface area contributed by atoms with Crippen molar-refractivity contribution in [1.29, 1.82) is 0 Å². The molecule has 1 aliphatic carbocycles. The minimum atomic E-state index is -2.61. The lowest BCUT2D eigenvalue weighted by Crippen LogP contribution is -2.49. The molecule has 2 rings (SSSR count). The van der Waals surface area contributed by atoms with Crippen molar-refractivity contribution in [2.75, 3.05) is 13.1 Å². The van der Waals surface area contributed by atoms with E-state index in [2.05, 4.69) is 0 Å². The maximum absolute atomic E-state index is 13.3. The lowest BCUT2D eigenvalue weighted by atomic mass is 9.94. The highest BCUT2D eigenvalue weighted by Gasteiger charge is 2.43. The van der Waals surface area contributed by atoms with E-state index in [-0.39, 0.29) is 31.3 Å². The number of carbonyl (C=O) groups is 1. The smallest absolute Gasteiger partial charge is 0.254 e. The minimum Gasteiger partial charge on any atom is -0.342 e. The average Bonchev–Trinajstić information content (AvgIpc) is 2.74. The summed E-state index contributed by atoms with van der Waals surface area (Å²) in [7, 11) is 0. The van der Waals surface area contributed by atoms with Gasteiger partial charge in [0.15, 0.2) is 0 Å². The highest BCUT2D eigenvalue weighted by molar-refractivity contribution is 5.79. The Labute approximate surface area is 94.3 Å². The van der Waals surface area contributed by atoms with Crippen LogP contribution in [0.25, 0.3) is 0 Å². The summed E-state index contributed by atoms with van der Waals surface area (Å²) in [5, 5.41) is 0. The average molecular weight is 229 g/mol. The number of alkyl halides is 2. The van der Waals surface area contributed by atoms with Gasteiger partial charge in [-0.25, -0.2) is 8.78 Å². The third-order valence-corrected chi connectivity index (χ3v) is 3.60. The molecule has 0 saturated carbocycles. The Morgan fingerprint density at radius 1 is 1.38 bits per heavy atom. The first-order valence-electron chi connectivity index (χ1n) is 5.82. The number of carbonyl (C=O) groups excluding carboxylic acids is 1. The molecule has 1 atom stereocenters. The third kappa shape index (κ3) is 2.11. The van der Waals surface area contributed by atoms with Gasteiger partial charge < -0.3 is 4.90 Å². The summed E-state index contributed by atoms with van der Waals surface area (Å²) in [6.07, 6.45) is 5.31. The van der Waals surface area contributed by atoms with Gasteiger partial charge in [0.25, 0.3) is 5.92 Å². The molecule has 1 heterocycles. The van der Waals surface area contributed by atoms with Crippen molar-refractivity contribution < 1.29 is 13.6 Å². The van der Waals surface area contributed by atoms with Gasteiger partial charge in [0, 0.05) is 31.3 Å². The number of hydrogen-bond acceptors (Lipinski definition) is 1. The molecule has 0 bridgehead atoms. The summed E-state index contributed by atoms with van der Waals surface area (Å²) in [5.74, 6) is -3.28. The summed E-state index contributed by atoms with van der Waals surface area (Å²) >= 11 is 0. The second-order valence-electron chi connectivity index (χ2n) is 4.84. The molecule has 2 nitrogen and oxygen atoms in total. The quantitative estimate of drug-likeness (QED) is 0.632. The third-order valence-electron chi connectivity index (χ3n) is 3.60. The fourth-order valence-corrected chi connectivity index (χ4v) is 2.36. The van der Waals surface area contributed by atoms with Gasteiger partial charge in [-0.1, -0.05) is 19.1 Å². The van der Waals surface area contributed by atoms with Crippen LogP contribution in [-0.2, 0) is 4.79 Å². The second kappa shape index (κ2) is 4.15. The molecule has 0 spiro atoms. The van der Waals surface area contributed by atoms with Crippen molar-refractivity contribution in [2.24, 2.45) is 11.8 Å². The summed E-state index contributed by atoms with van der Waals surface area (Å²) in [4.78, 5) is 13.6. The van der Waals surface area contributed by atoms with Crippen molar-refractivity contribution in [1.82, 2.24) is 4.90 Å². The number of hydrogen-bond donors (Lipinski definition) is 0. The van der Waals surface area contributed by atoms with Crippen molar-refractivity contribution in [3.05, 3.63) is 12.2 Å². The molecule has 0 radical (unpaired) electrons. The Balaban J connectivity index is 1.94. The fourth-order valence-electron chi connectivity index (χ4n) is 2.36. The van der Waals surface area contributed by atoms with Gasteiger partial charge in [0.1, 0.15) is 0 Å². The molecule has 1 unspecified atom stereocenters.